The van der Waals surface area contributed by atoms with Crippen molar-refractivity contribution in [1.29, 1.82) is 0 Å². The fourth-order valence-corrected chi connectivity index (χ4v) is 2.54. The smallest absolute Gasteiger partial charge is 0.277 e. The molecule has 0 atom stereocenters. The highest BCUT2D eigenvalue weighted by Crippen LogP contribution is 2.16. The Labute approximate surface area is 149 Å². The maximum atomic E-state index is 12.9. The molecule has 0 aliphatic carbocycles. The molecule has 1 N–H and O–H groups in total. The third-order valence-electron chi connectivity index (χ3n) is 3.77. The van der Waals surface area contributed by atoms with Crippen LogP contribution in [0, 0.1) is 6.92 Å². The van der Waals surface area contributed by atoms with Crippen molar-refractivity contribution >= 4 is 17.5 Å². The Morgan fingerprint density at radius 1 is 1.16 bits per heavy atom. The van der Waals surface area contributed by atoms with Gasteiger partial charge in [-0.1, -0.05) is 18.2 Å². The minimum absolute atomic E-state index is 0.115. The molecule has 0 aliphatic rings. The van der Waals surface area contributed by atoms with Crippen LogP contribution in [0.5, 0.6) is 0 Å². The van der Waals surface area contributed by atoms with E-state index in [1.165, 1.54) is 0 Å². The van der Waals surface area contributed by atoms with Crippen molar-refractivity contribution in [2.75, 3.05) is 43.9 Å². The van der Waals surface area contributed by atoms with E-state index in [4.69, 9.17) is 0 Å². The first-order chi connectivity index (χ1) is 12.0. The highest BCUT2D eigenvalue weighted by atomic mass is 16.2. The molecule has 25 heavy (non-hydrogen) atoms. The van der Waals surface area contributed by atoms with Gasteiger partial charge >= 0.3 is 0 Å². The van der Waals surface area contributed by atoms with Crippen molar-refractivity contribution in [3.05, 3.63) is 47.8 Å². The van der Waals surface area contributed by atoms with Gasteiger partial charge in [0.05, 0.1) is 0 Å². The summed E-state index contributed by atoms with van der Waals surface area (Å²) in [4.78, 5) is 25.6. The van der Waals surface area contributed by atoms with Crippen LogP contribution >= 0.6 is 0 Å². The van der Waals surface area contributed by atoms with Gasteiger partial charge in [-0.2, -0.15) is 0 Å². The van der Waals surface area contributed by atoms with Crippen LogP contribution in [0.3, 0.4) is 0 Å². The number of para-hydroxylation sites is 1. The van der Waals surface area contributed by atoms with Gasteiger partial charge in [-0.05, 0) is 59.1 Å². The van der Waals surface area contributed by atoms with Crippen LogP contribution in [0.25, 0.3) is 0 Å². The number of rotatable bonds is 8. The van der Waals surface area contributed by atoms with E-state index in [9.17, 15) is 4.79 Å². The van der Waals surface area contributed by atoms with E-state index in [1.54, 1.807) is 11.0 Å². The first-order valence-corrected chi connectivity index (χ1v) is 8.62. The topological polar surface area (TPSA) is 61.4 Å². The Kier molecular flexibility index (Phi) is 6.89. The number of anilines is 2. The van der Waals surface area contributed by atoms with Crippen molar-refractivity contribution in [2.24, 2.45) is 0 Å². The average Bonchev–Trinajstić information content (AvgIpc) is 2.59. The van der Waals surface area contributed by atoms with Gasteiger partial charge in [-0.3, -0.25) is 4.79 Å². The highest BCUT2D eigenvalue weighted by molar-refractivity contribution is 6.04. The maximum absolute atomic E-state index is 12.9. The van der Waals surface area contributed by atoms with Crippen molar-refractivity contribution in [3.63, 3.8) is 0 Å². The lowest BCUT2D eigenvalue weighted by Crippen LogP contribution is -2.31. The van der Waals surface area contributed by atoms with Crippen molar-refractivity contribution < 1.29 is 4.79 Å². The van der Waals surface area contributed by atoms with Crippen LogP contribution in [0.1, 0.15) is 29.5 Å². The highest BCUT2D eigenvalue weighted by Gasteiger charge is 2.18. The largest absolute Gasteiger partial charge is 0.354 e. The second-order valence-corrected chi connectivity index (χ2v) is 6.19. The monoisotopic (exact) mass is 341 g/mol. The lowest BCUT2D eigenvalue weighted by atomic mass is 10.2. The van der Waals surface area contributed by atoms with E-state index in [1.807, 2.05) is 58.3 Å². The molecule has 1 aromatic carbocycles. The second-order valence-electron chi connectivity index (χ2n) is 6.19. The Hall–Kier alpha value is -2.47. The molecule has 0 aliphatic heterocycles. The quantitative estimate of drug-likeness (QED) is 0.748. The summed E-state index contributed by atoms with van der Waals surface area (Å²) in [5.74, 6) is 0.391. The predicted molar refractivity (Wildman–Crippen MR) is 102 cm³/mol. The lowest BCUT2D eigenvalue weighted by molar-refractivity contribution is 0.0983. The fourth-order valence-electron chi connectivity index (χ4n) is 2.54. The zero-order valence-electron chi connectivity index (χ0n) is 15.5. The molecule has 0 spiro atoms. The summed E-state index contributed by atoms with van der Waals surface area (Å²) in [6.45, 7) is 6.17. The maximum Gasteiger partial charge on any atom is 0.277 e. The number of benzene rings is 1. The Morgan fingerprint density at radius 2 is 1.88 bits per heavy atom. The minimum atomic E-state index is -0.115. The van der Waals surface area contributed by atoms with Gasteiger partial charge < -0.3 is 15.1 Å². The number of carbonyl (C=O) groups excluding carboxylic acids is 1. The molecule has 6 nitrogen and oxygen atoms in total. The van der Waals surface area contributed by atoms with Gasteiger partial charge in [0.15, 0.2) is 0 Å². The SMILES string of the molecule is CCN(C(=O)c1cc(C)nc(NCCCN(C)C)n1)c1ccccc1. The molecule has 1 heterocycles. The lowest BCUT2D eigenvalue weighted by Gasteiger charge is -2.21. The van der Waals surface area contributed by atoms with Crippen molar-refractivity contribution in [3.8, 4) is 0 Å². The van der Waals surface area contributed by atoms with Crippen LogP contribution in [-0.4, -0.2) is 54.5 Å². The molecule has 1 aromatic heterocycles. The van der Waals surface area contributed by atoms with E-state index < -0.39 is 0 Å². The number of nitrogens with zero attached hydrogens (tertiary/aromatic N) is 4. The summed E-state index contributed by atoms with van der Waals surface area (Å²) in [6.07, 6.45) is 0.985. The zero-order valence-corrected chi connectivity index (χ0v) is 15.5. The van der Waals surface area contributed by atoms with E-state index >= 15 is 0 Å². The van der Waals surface area contributed by atoms with Gasteiger partial charge in [0, 0.05) is 24.5 Å². The van der Waals surface area contributed by atoms with Crippen LogP contribution in [0.2, 0.25) is 0 Å². The summed E-state index contributed by atoms with van der Waals surface area (Å²) in [7, 11) is 4.09. The van der Waals surface area contributed by atoms with E-state index in [2.05, 4.69) is 20.2 Å². The Bertz CT molecular complexity index is 687. The standard InChI is InChI=1S/C19H27N5O/c1-5-24(16-10-7-6-8-11-16)18(25)17-14-15(2)21-19(22-17)20-12-9-13-23(3)4/h6-8,10-11,14H,5,9,12-13H2,1-4H3,(H,20,21,22). The molecule has 0 saturated heterocycles. The molecular weight excluding hydrogens is 314 g/mol. The van der Waals surface area contributed by atoms with Gasteiger partial charge in [0.1, 0.15) is 5.69 Å². The predicted octanol–water partition coefficient (Wildman–Crippen LogP) is 2.82. The number of amides is 1. The molecule has 0 saturated carbocycles. The average molecular weight is 341 g/mol. The Morgan fingerprint density at radius 3 is 2.52 bits per heavy atom. The summed E-state index contributed by atoms with van der Waals surface area (Å²) < 4.78 is 0. The third kappa shape index (κ3) is 5.53. The Balaban J connectivity index is 2.13. The van der Waals surface area contributed by atoms with Crippen molar-refractivity contribution in [1.82, 2.24) is 14.9 Å². The van der Waals surface area contributed by atoms with Crippen LogP contribution in [0.15, 0.2) is 36.4 Å². The first kappa shape index (κ1) is 18.9. The van der Waals surface area contributed by atoms with E-state index in [0.717, 1.165) is 30.9 Å². The molecule has 0 unspecified atom stereocenters. The number of nitrogens with one attached hydrogen (secondary N) is 1. The molecule has 2 rings (SSSR count). The molecule has 0 bridgehead atoms. The third-order valence-corrected chi connectivity index (χ3v) is 3.77. The zero-order chi connectivity index (χ0) is 18.2. The molecule has 1 amide bonds. The summed E-state index contributed by atoms with van der Waals surface area (Å²) in [5, 5.41) is 3.21. The summed E-state index contributed by atoms with van der Waals surface area (Å²) in [5.41, 5.74) is 2.05. The summed E-state index contributed by atoms with van der Waals surface area (Å²) >= 11 is 0. The summed E-state index contributed by atoms with van der Waals surface area (Å²) in [6, 6.07) is 11.4. The molecule has 0 radical (unpaired) electrons. The number of hydrogen-bond donors (Lipinski definition) is 1. The molecular formula is C19H27N5O. The molecule has 134 valence electrons. The van der Waals surface area contributed by atoms with E-state index in [-0.39, 0.29) is 5.91 Å². The molecule has 2 aromatic rings. The van der Waals surface area contributed by atoms with E-state index in [0.29, 0.717) is 18.2 Å². The molecule has 0 fully saturated rings. The normalized spacial score (nSPS) is 10.8. The van der Waals surface area contributed by atoms with Gasteiger partial charge in [-0.25, -0.2) is 9.97 Å². The fraction of sp³-hybridized carbons (Fsp3) is 0.421. The van der Waals surface area contributed by atoms with Gasteiger partial charge in [0.25, 0.3) is 5.91 Å². The van der Waals surface area contributed by atoms with Gasteiger partial charge in [-0.15, -0.1) is 0 Å². The number of aryl methyl sites for hydroxylation is 1. The van der Waals surface area contributed by atoms with Crippen LogP contribution < -0.4 is 10.2 Å². The van der Waals surface area contributed by atoms with Crippen LogP contribution in [0.4, 0.5) is 11.6 Å². The number of hydrogen-bond acceptors (Lipinski definition) is 5. The molecule has 6 heteroatoms. The van der Waals surface area contributed by atoms with Gasteiger partial charge in [0.2, 0.25) is 5.95 Å². The minimum Gasteiger partial charge on any atom is -0.354 e. The van der Waals surface area contributed by atoms with Crippen molar-refractivity contribution in [2.45, 2.75) is 20.3 Å². The first-order valence-electron chi connectivity index (χ1n) is 8.62. The van der Waals surface area contributed by atoms with Crippen LogP contribution in [-0.2, 0) is 0 Å². The second kappa shape index (κ2) is 9.13. The number of carbonyl (C=O) groups is 1. The number of aromatic nitrogens is 2.